The van der Waals surface area contributed by atoms with Gasteiger partial charge in [-0.15, -0.1) is 0 Å². The zero-order valence-electron chi connectivity index (χ0n) is 13.1. The summed E-state index contributed by atoms with van der Waals surface area (Å²) in [5, 5.41) is 3.83. The van der Waals surface area contributed by atoms with Gasteiger partial charge in [-0.3, -0.25) is 4.90 Å². The van der Waals surface area contributed by atoms with E-state index in [1.54, 1.807) is 14.2 Å². The Bertz CT molecular complexity index is 598. The molecule has 0 saturated carbocycles. The minimum Gasteiger partial charge on any atom is -0.497 e. The van der Waals surface area contributed by atoms with Crippen molar-refractivity contribution in [1.29, 1.82) is 0 Å². The number of benzene rings is 1. The van der Waals surface area contributed by atoms with Crippen molar-refractivity contribution >= 4 is 0 Å². The summed E-state index contributed by atoms with van der Waals surface area (Å²) in [7, 11) is 5.30. The molecule has 1 aromatic carbocycles. The van der Waals surface area contributed by atoms with Gasteiger partial charge in [-0.25, -0.2) is 0 Å². The van der Waals surface area contributed by atoms with Crippen LogP contribution < -0.4 is 9.47 Å². The molecule has 6 heteroatoms. The Morgan fingerprint density at radius 3 is 2.62 bits per heavy atom. The van der Waals surface area contributed by atoms with Gasteiger partial charge in [0.1, 0.15) is 11.5 Å². The number of hydrogen-bond donors (Lipinski definition) is 0. The molecule has 0 unspecified atom stereocenters. The fourth-order valence-electron chi connectivity index (χ4n) is 2.06. The van der Waals surface area contributed by atoms with E-state index < -0.39 is 0 Å². The standard InChI is InChI=1S/C15H21N3O3/c1-10(15-16-11(2)17-21-15)18(3)9-12-6-7-13(19-4)8-14(12)20-5/h6-8,10H,9H2,1-5H3/t10-/m1/s1. The van der Waals surface area contributed by atoms with E-state index in [0.29, 0.717) is 18.3 Å². The molecule has 0 saturated heterocycles. The molecule has 0 aliphatic carbocycles. The van der Waals surface area contributed by atoms with E-state index in [0.717, 1.165) is 17.1 Å². The number of aromatic nitrogens is 2. The molecule has 0 radical (unpaired) electrons. The summed E-state index contributed by atoms with van der Waals surface area (Å²) in [6.07, 6.45) is 0. The second kappa shape index (κ2) is 6.58. The third kappa shape index (κ3) is 3.52. The lowest BCUT2D eigenvalue weighted by atomic mass is 10.1. The molecule has 1 atom stereocenters. The predicted octanol–water partition coefficient (Wildman–Crippen LogP) is 2.59. The highest BCUT2D eigenvalue weighted by atomic mass is 16.5. The lowest BCUT2D eigenvalue weighted by molar-refractivity contribution is 0.200. The Labute approximate surface area is 124 Å². The highest BCUT2D eigenvalue weighted by Crippen LogP contribution is 2.27. The Balaban J connectivity index is 2.13. The normalized spacial score (nSPS) is 12.5. The number of methoxy groups -OCH3 is 2. The Hall–Kier alpha value is -2.08. The summed E-state index contributed by atoms with van der Waals surface area (Å²) in [4.78, 5) is 6.39. The summed E-state index contributed by atoms with van der Waals surface area (Å²) in [5.74, 6) is 2.84. The number of rotatable bonds is 6. The van der Waals surface area contributed by atoms with E-state index in [-0.39, 0.29) is 6.04 Å². The van der Waals surface area contributed by atoms with Gasteiger partial charge in [0.2, 0.25) is 5.89 Å². The van der Waals surface area contributed by atoms with Crippen LogP contribution in [0.5, 0.6) is 11.5 Å². The van der Waals surface area contributed by atoms with Crippen molar-refractivity contribution in [3.05, 3.63) is 35.5 Å². The number of ether oxygens (including phenoxy) is 2. The van der Waals surface area contributed by atoms with E-state index >= 15 is 0 Å². The van der Waals surface area contributed by atoms with Crippen LogP contribution in [0.3, 0.4) is 0 Å². The molecular weight excluding hydrogens is 270 g/mol. The topological polar surface area (TPSA) is 60.6 Å². The van der Waals surface area contributed by atoms with Gasteiger partial charge in [-0.2, -0.15) is 4.98 Å². The molecule has 0 N–H and O–H groups in total. The van der Waals surface area contributed by atoms with Crippen LogP contribution in [0.25, 0.3) is 0 Å². The molecule has 2 aromatic rings. The van der Waals surface area contributed by atoms with Crippen LogP contribution in [0.2, 0.25) is 0 Å². The highest BCUT2D eigenvalue weighted by Gasteiger charge is 2.19. The Kier molecular flexibility index (Phi) is 4.80. The van der Waals surface area contributed by atoms with Crippen LogP contribution in [0, 0.1) is 6.92 Å². The molecule has 1 heterocycles. The first-order valence-electron chi connectivity index (χ1n) is 6.76. The largest absolute Gasteiger partial charge is 0.497 e. The zero-order chi connectivity index (χ0) is 15.4. The predicted molar refractivity (Wildman–Crippen MR) is 78.5 cm³/mol. The molecule has 6 nitrogen and oxygen atoms in total. The molecule has 114 valence electrons. The van der Waals surface area contributed by atoms with Gasteiger partial charge in [0.05, 0.1) is 20.3 Å². The quantitative estimate of drug-likeness (QED) is 0.815. The molecule has 0 amide bonds. The highest BCUT2D eigenvalue weighted by molar-refractivity contribution is 5.40. The van der Waals surface area contributed by atoms with Gasteiger partial charge in [0.15, 0.2) is 5.82 Å². The maximum atomic E-state index is 5.42. The third-order valence-electron chi connectivity index (χ3n) is 3.48. The fourth-order valence-corrected chi connectivity index (χ4v) is 2.06. The van der Waals surface area contributed by atoms with Crippen molar-refractivity contribution in [3.63, 3.8) is 0 Å². The van der Waals surface area contributed by atoms with Crippen LogP contribution in [0.15, 0.2) is 22.7 Å². The van der Waals surface area contributed by atoms with Crippen LogP contribution >= 0.6 is 0 Å². The lowest BCUT2D eigenvalue weighted by Gasteiger charge is -2.22. The van der Waals surface area contributed by atoms with Gasteiger partial charge in [0, 0.05) is 18.2 Å². The maximum absolute atomic E-state index is 5.42. The molecule has 0 fully saturated rings. The van der Waals surface area contributed by atoms with E-state index in [4.69, 9.17) is 14.0 Å². The monoisotopic (exact) mass is 291 g/mol. The van der Waals surface area contributed by atoms with Crippen molar-refractivity contribution in [3.8, 4) is 11.5 Å². The second-order valence-corrected chi connectivity index (χ2v) is 4.95. The van der Waals surface area contributed by atoms with Crippen molar-refractivity contribution in [1.82, 2.24) is 15.0 Å². The molecule has 1 aromatic heterocycles. The van der Waals surface area contributed by atoms with Crippen molar-refractivity contribution < 1.29 is 14.0 Å². The smallest absolute Gasteiger partial charge is 0.243 e. The zero-order valence-corrected chi connectivity index (χ0v) is 13.1. The minimum atomic E-state index is 0.0259. The third-order valence-corrected chi connectivity index (χ3v) is 3.48. The average molecular weight is 291 g/mol. The Morgan fingerprint density at radius 2 is 2.05 bits per heavy atom. The van der Waals surface area contributed by atoms with Crippen molar-refractivity contribution in [2.75, 3.05) is 21.3 Å². The Morgan fingerprint density at radius 1 is 1.29 bits per heavy atom. The first kappa shape index (κ1) is 15.3. The summed E-state index contributed by atoms with van der Waals surface area (Å²) in [6.45, 7) is 4.55. The van der Waals surface area contributed by atoms with Crippen LogP contribution in [-0.2, 0) is 6.54 Å². The lowest BCUT2D eigenvalue weighted by Crippen LogP contribution is -2.22. The van der Waals surface area contributed by atoms with E-state index in [1.807, 2.05) is 39.1 Å². The van der Waals surface area contributed by atoms with Gasteiger partial charge in [-0.1, -0.05) is 11.2 Å². The molecule has 0 aliphatic heterocycles. The molecule has 0 bridgehead atoms. The SMILES string of the molecule is COc1ccc(CN(C)[C@H](C)c2nc(C)no2)c(OC)c1. The first-order chi connectivity index (χ1) is 10.0. The minimum absolute atomic E-state index is 0.0259. The molecular formula is C15H21N3O3. The molecule has 0 aliphatic rings. The molecule has 0 spiro atoms. The van der Waals surface area contributed by atoms with Crippen LogP contribution in [-0.4, -0.2) is 36.3 Å². The average Bonchev–Trinajstić information content (AvgIpc) is 2.93. The van der Waals surface area contributed by atoms with E-state index in [2.05, 4.69) is 15.0 Å². The second-order valence-electron chi connectivity index (χ2n) is 4.95. The van der Waals surface area contributed by atoms with Gasteiger partial charge in [0.25, 0.3) is 0 Å². The van der Waals surface area contributed by atoms with E-state index in [9.17, 15) is 0 Å². The summed E-state index contributed by atoms with van der Waals surface area (Å²) in [6, 6.07) is 5.83. The summed E-state index contributed by atoms with van der Waals surface area (Å²) >= 11 is 0. The first-order valence-corrected chi connectivity index (χ1v) is 6.76. The molecule has 2 rings (SSSR count). The van der Waals surface area contributed by atoms with Crippen molar-refractivity contribution in [2.24, 2.45) is 0 Å². The van der Waals surface area contributed by atoms with Gasteiger partial charge >= 0.3 is 0 Å². The van der Waals surface area contributed by atoms with Crippen LogP contribution in [0.4, 0.5) is 0 Å². The molecule has 21 heavy (non-hydrogen) atoms. The van der Waals surface area contributed by atoms with Crippen molar-refractivity contribution in [2.45, 2.75) is 26.4 Å². The van der Waals surface area contributed by atoms with Gasteiger partial charge in [-0.05, 0) is 27.0 Å². The number of hydrogen-bond acceptors (Lipinski definition) is 6. The number of aryl methyl sites for hydroxylation is 1. The van der Waals surface area contributed by atoms with E-state index in [1.165, 1.54) is 0 Å². The summed E-state index contributed by atoms with van der Waals surface area (Å²) in [5.41, 5.74) is 1.07. The van der Waals surface area contributed by atoms with Gasteiger partial charge < -0.3 is 14.0 Å². The maximum Gasteiger partial charge on any atom is 0.243 e. The summed E-state index contributed by atoms with van der Waals surface area (Å²) < 4.78 is 15.9. The fraction of sp³-hybridized carbons (Fsp3) is 0.467. The van der Waals surface area contributed by atoms with Crippen LogP contribution in [0.1, 0.15) is 30.2 Å². The number of nitrogens with zero attached hydrogens (tertiary/aromatic N) is 3.